The normalized spacial score (nSPS) is 19.9. The summed E-state index contributed by atoms with van der Waals surface area (Å²) in [7, 11) is 5.35. The smallest absolute Gasteiger partial charge is 0.240 e. The van der Waals surface area contributed by atoms with Gasteiger partial charge in [-0.1, -0.05) is 12.1 Å². The molecule has 3 amide bonds. The molecule has 1 aromatic heterocycles. The highest BCUT2D eigenvalue weighted by Crippen LogP contribution is 2.41. The molecule has 31 heavy (non-hydrogen) atoms. The van der Waals surface area contributed by atoms with Crippen LogP contribution in [0.1, 0.15) is 36.4 Å². The van der Waals surface area contributed by atoms with Crippen LogP contribution in [-0.4, -0.2) is 71.6 Å². The van der Waals surface area contributed by atoms with Crippen LogP contribution < -0.4 is 0 Å². The fourth-order valence-corrected chi connectivity index (χ4v) is 4.52. The number of aromatic nitrogens is 1. The van der Waals surface area contributed by atoms with Crippen molar-refractivity contribution >= 4 is 29.1 Å². The maximum Gasteiger partial charge on any atom is 0.240 e. The topological polar surface area (TPSA) is 73.8 Å². The van der Waals surface area contributed by atoms with Gasteiger partial charge in [0, 0.05) is 44.6 Å². The van der Waals surface area contributed by atoms with Gasteiger partial charge in [0.1, 0.15) is 10.8 Å². The first-order valence-electron chi connectivity index (χ1n) is 10.1. The van der Waals surface area contributed by atoms with E-state index in [0.29, 0.717) is 12.1 Å². The van der Waals surface area contributed by atoms with Gasteiger partial charge in [0.15, 0.2) is 0 Å². The Bertz CT molecular complexity index is 965. The van der Waals surface area contributed by atoms with Crippen molar-refractivity contribution in [3.05, 3.63) is 52.2 Å². The minimum atomic E-state index is -1.42. The molecule has 0 N–H and O–H groups in total. The van der Waals surface area contributed by atoms with Gasteiger partial charge in [0.25, 0.3) is 0 Å². The van der Waals surface area contributed by atoms with E-state index in [4.69, 9.17) is 0 Å². The van der Waals surface area contributed by atoms with Crippen LogP contribution in [0.15, 0.2) is 35.8 Å². The summed E-state index contributed by atoms with van der Waals surface area (Å²) in [6.45, 7) is 2.59. The molecule has 0 spiro atoms. The van der Waals surface area contributed by atoms with Gasteiger partial charge in [-0.25, -0.2) is 9.37 Å². The van der Waals surface area contributed by atoms with E-state index >= 15 is 0 Å². The third-order valence-corrected chi connectivity index (χ3v) is 6.74. The standard InChI is InChI=1S/C22H27FN4O3S/c1-15(20-24-8-11-31-20)26(4)18(28)13-22(16-6-5-7-17(23)12-16)14-19(29)27(21(22)30)10-9-25(2)3/h5-8,11-12,15H,9-10,13-14H2,1-4H3/t15-,22-/m0/s1. The second-order valence-corrected chi connectivity index (χ2v) is 9.08. The summed E-state index contributed by atoms with van der Waals surface area (Å²) in [6, 6.07) is 5.35. The zero-order valence-electron chi connectivity index (χ0n) is 18.2. The molecule has 3 rings (SSSR count). The highest BCUT2D eigenvalue weighted by molar-refractivity contribution is 7.09. The van der Waals surface area contributed by atoms with Crippen molar-refractivity contribution in [2.24, 2.45) is 0 Å². The third-order valence-electron chi connectivity index (χ3n) is 5.79. The fourth-order valence-electron chi connectivity index (χ4n) is 3.78. The summed E-state index contributed by atoms with van der Waals surface area (Å²) in [5, 5.41) is 2.61. The van der Waals surface area contributed by atoms with Crippen molar-refractivity contribution in [3.63, 3.8) is 0 Å². The Kier molecular flexibility index (Phi) is 6.86. The molecule has 0 radical (unpaired) electrons. The van der Waals surface area contributed by atoms with E-state index in [1.54, 1.807) is 19.3 Å². The molecule has 1 fully saturated rings. The van der Waals surface area contributed by atoms with E-state index in [2.05, 4.69) is 4.98 Å². The molecule has 0 unspecified atom stereocenters. The number of halogens is 1. The summed E-state index contributed by atoms with van der Waals surface area (Å²) >= 11 is 1.44. The number of hydrogen-bond acceptors (Lipinski definition) is 6. The van der Waals surface area contributed by atoms with Crippen LogP contribution >= 0.6 is 11.3 Å². The van der Waals surface area contributed by atoms with E-state index in [-0.39, 0.29) is 37.2 Å². The van der Waals surface area contributed by atoms with Crippen LogP contribution in [0.4, 0.5) is 4.39 Å². The molecule has 2 atom stereocenters. The van der Waals surface area contributed by atoms with Crippen molar-refractivity contribution in [2.75, 3.05) is 34.2 Å². The molecule has 1 saturated heterocycles. The van der Waals surface area contributed by atoms with E-state index < -0.39 is 17.1 Å². The molecule has 0 saturated carbocycles. The molecule has 9 heteroatoms. The van der Waals surface area contributed by atoms with Crippen molar-refractivity contribution in [1.29, 1.82) is 0 Å². The minimum Gasteiger partial charge on any atom is -0.337 e. The second-order valence-electron chi connectivity index (χ2n) is 8.15. The highest BCUT2D eigenvalue weighted by Gasteiger charge is 2.54. The largest absolute Gasteiger partial charge is 0.337 e. The number of rotatable bonds is 8. The average molecular weight is 447 g/mol. The van der Waals surface area contributed by atoms with Gasteiger partial charge >= 0.3 is 0 Å². The first-order valence-corrected chi connectivity index (χ1v) is 10.9. The van der Waals surface area contributed by atoms with Gasteiger partial charge in [-0.3, -0.25) is 19.3 Å². The molecule has 1 aromatic carbocycles. The van der Waals surface area contributed by atoms with Gasteiger partial charge in [-0.05, 0) is 38.7 Å². The lowest BCUT2D eigenvalue weighted by molar-refractivity contribution is -0.143. The highest BCUT2D eigenvalue weighted by atomic mass is 32.1. The van der Waals surface area contributed by atoms with Crippen LogP contribution in [-0.2, 0) is 19.8 Å². The predicted octanol–water partition coefficient (Wildman–Crippen LogP) is 2.45. The Hall–Kier alpha value is -2.65. The van der Waals surface area contributed by atoms with Crippen molar-refractivity contribution in [2.45, 2.75) is 31.2 Å². The number of carbonyl (C=O) groups is 3. The lowest BCUT2D eigenvalue weighted by Gasteiger charge is -2.31. The van der Waals surface area contributed by atoms with Crippen LogP contribution in [0, 0.1) is 5.82 Å². The minimum absolute atomic E-state index is 0.159. The van der Waals surface area contributed by atoms with Crippen LogP contribution in [0.2, 0.25) is 0 Å². The molecule has 1 aliphatic heterocycles. The number of imide groups is 1. The molecular weight excluding hydrogens is 419 g/mol. The summed E-state index contributed by atoms with van der Waals surface area (Å²) in [5.74, 6) is -1.61. The summed E-state index contributed by atoms with van der Waals surface area (Å²) in [5.41, 5.74) is -1.07. The molecule has 1 aliphatic rings. The number of amides is 3. The average Bonchev–Trinajstić information content (AvgIpc) is 3.33. The summed E-state index contributed by atoms with van der Waals surface area (Å²) in [6.07, 6.45) is 1.30. The van der Waals surface area contributed by atoms with E-state index in [0.717, 1.165) is 5.01 Å². The third kappa shape index (κ3) is 4.67. The molecule has 2 aromatic rings. The SMILES string of the molecule is C[C@@H](c1nccs1)N(C)C(=O)C[C@@]1(c2cccc(F)c2)CC(=O)N(CCN(C)C)C1=O. The van der Waals surface area contributed by atoms with E-state index in [9.17, 15) is 18.8 Å². The van der Waals surface area contributed by atoms with Gasteiger partial charge < -0.3 is 9.80 Å². The number of nitrogens with zero attached hydrogens (tertiary/aromatic N) is 4. The van der Waals surface area contributed by atoms with E-state index in [1.807, 2.05) is 31.3 Å². The fraction of sp³-hybridized carbons (Fsp3) is 0.455. The number of hydrogen-bond donors (Lipinski definition) is 0. The van der Waals surface area contributed by atoms with Crippen LogP contribution in [0.5, 0.6) is 0 Å². The zero-order valence-corrected chi connectivity index (χ0v) is 19.0. The zero-order chi connectivity index (χ0) is 22.8. The van der Waals surface area contributed by atoms with Crippen LogP contribution in [0.25, 0.3) is 0 Å². The van der Waals surface area contributed by atoms with Crippen molar-refractivity contribution in [1.82, 2.24) is 19.7 Å². The quantitative estimate of drug-likeness (QED) is 0.583. The Morgan fingerprint density at radius 3 is 2.68 bits per heavy atom. The maximum absolute atomic E-state index is 14.1. The number of benzene rings is 1. The first-order chi connectivity index (χ1) is 14.7. The number of likely N-dealkylation sites (tertiary alicyclic amines) is 1. The summed E-state index contributed by atoms with van der Waals surface area (Å²) in [4.78, 5) is 48.4. The molecular formula is C22H27FN4O3S. The van der Waals surface area contributed by atoms with Gasteiger partial charge in [0.05, 0.1) is 11.5 Å². The molecule has 0 aliphatic carbocycles. The van der Waals surface area contributed by atoms with Gasteiger partial charge in [-0.2, -0.15) is 0 Å². The van der Waals surface area contributed by atoms with Gasteiger partial charge in [0.2, 0.25) is 17.7 Å². The molecule has 2 heterocycles. The monoisotopic (exact) mass is 446 g/mol. The number of likely N-dealkylation sites (N-methyl/N-ethyl adjacent to an activating group) is 1. The van der Waals surface area contributed by atoms with Crippen molar-refractivity contribution in [3.8, 4) is 0 Å². The Labute approximate surface area is 185 Å². The Morgan fingerprint density at radius 2 is 2.06 bits per heavy atom. The number of thiazole rings is 1. The summed E-state index contributed by atoms with van der Waals surface area (Å²) < 4.78 is 14.1. The molecule has 166 valence electrons. The van der Waals surface area contributed by atoms with E-state index in [1.165, 1.54) is 39.3 Å². The number of carbonyl (C=O) groups excluding carboxylic acids is 3. The molecule has 0 bridgehead atoms. The lowest BCUT2D eigenvalue weighted by atomic mass is 9.75. The maximum atomic E-state index is 14.1. The first kappa shape index (κ1) is 23.0. The second kappa shape index (κ2) is 9.23. The Morgan fingerprint density at radius 1 is 1.32 bits per heavy atom. The predicted molar refractivity (Wildman–Crippen MR) is 116 cm³/mol. The van der Waals surface area contributed by atoms with Gasteiger partial charge in [-0.15, -0.1) is 11.3 Å². The van der Waals surface area contributed by atoms with Crippen molar-refractivity contribution < 1.29 is 18.8 Å². The lowest BCUT2D eigenvalue weighted by Crippen LogP contribution is -2.44. The molecule has 7 nitrogen and oxygen atoms in total. The van der Waals surface area contributed by atoms with Crippen LogP contribution in [0.3, 0.4) is 0 Å². The Balaban J connectivity index is 1.93.